The molecule has 0 heterocycles. The first-order chi connectivity index (χ1) is 5.75. The Kier molecular flexibility index (Phi) is 3.31. The van der Waals surface area contributed by atoms with E-state index in [1.165, 1.54) is 5.01 Å². The monoisotopic (exact) mass is 171 g/mol. The van der Waals surface area contributed by atoms with E-state index in [9.17, 15) is 4.79 Å². The zero-order chi connectivity index (χ0) is 8.97. The van der Waals surface area contributed by atoms with Crippen molar-refractivity contribution in [2.75, 3.05) is 0 Å². The van der Waals surface area contributed by atoms with E-state index >= 15 is 0 Å². The van der Waals surface area contributed by atoms with E-state index in [4.69, 9.17) is 11.7 Å². The Bertz CT molecular complexity index is 155. The summed E-state index contributed by atoms with van der Waals surface area (Å²) in [6.45, 7) is 0. The maximum absolute atomic E-state index is 11.0. The van der Waals surface area contributed by atoms with Crippen molar-refractivity contribution in [3.8, 4) is 0 Å². The maximum Gasteiger partial charge on any atom is 0.345 e. The highest BCUT2D eigenvalue weighted by molar-refractivity contribution is 5.73. The van der Waals surface area contributed by atoms with Crippen LogP contribution in [0, 0.1) is 6.42 Å². The van der Waals surface area contributed by atoms with Crippen LogP contribution in [0.15, 0.2) is 0 Å². The number of urea groups is 1. The summed E-state index contributed by atoms with van der Waals surface area (Å²) in [5.74, 6) is 10.5. The van der Waals surface area contributed by atoms with Gasteiger partial charge < -0.3 is 0 Å². The molecule has 5 heteroatoms. The molecule has 1 aliphatic rings. The van der Waals surface area contributed by atoms with Gasteiger partial charge in [-0.1, -0.05) is 0 Å². The minimum atomic E-state index is -0.415. The van der Waals surface area contributed by atoms with Gasteiger partial charge in [0.15, 0.2) is 0 Å². The summed E-state index contributed by atoms with van der Waals surface area (Å²) in [5, 5.41) is 1.19. The standard InChI is InChI=1S/C7H15N4O/c8-10-7(12)11(9)6-4-2-1-3-5-6/h1,6H,2-5,8-9H2,(H,10,12). The molecule has 0 unspecified atom stereocenters. The van der Waals surface area contributed by atoms with Gasteiger partial charge in [0.1, 0.15) is 0 Å². The lowest BCUT2D eigenvalue weighted by Crippen LogP contribution is -2.52. The lowest BCUT2D eigenvalue weighted by molar-refractivity contribution is 0.162. The summed E-state index contributed by atoms with van der Waals surface area (Å²) in [4.78, 5) is 11.0. The van der Waals surface area contributed by atoms with Crippen LogP contribution in [-0.4, -0.2) is 17.1 Å². The van der Waals surface area contributed by atoms with Gasteiger partial charge in [-0.15, -0.1) is 0 Å². The summed E-state index contributed by atoms with van der Waals surface area (Å²) in [6.07, 6.45) is 6.13. The number of nitrogens with zero attached hydrogens (tertiary/aromatic N) is 1. The van der Waals surface area contributed by atoms with Crippen molar-refractivity contribution < 1.29 is 4.79 Å². The van der Waals surface area contributed by atoms with Crippen molar-refractivity contribution in [2.24, 2.45) is 11.7 Å². The Morgan fingerprint density at radius 2 is 2.08 bits per heavy atom. The number of carbonyl (C=O) groups is 1. The molecule has 0 aromatic carbocycles. The average molecular weight is 171 g/mol. The molecule has 5 nitrogen and oxygen atoms in total. The van der Waals surface area contributed by atoms with Gasteiger partial charge in [0.2, 0.25) is 0 Å². The van der Waals surface area contributed by atoms with Crippen molar-refractivity contribution >= 4 is 6.03 Å². The van der Waals surface area contributed by atoms with Gasteiger partial charge in [0.05, 0.1) is 0 Å². The van der Waals surface area contributed by atoms with Crippen molar-refractivity contribution in [3.63, 3.8) is 0 Å². The SMILES string of the molecule is NNC(=O)N(N)C1CC[CH]CC1. The number of hydrazine groups is 2. The Balaban J connectivity index is 2.39. The molecular formula is C7H15N4O. The second-order valence-corrected chi connectivity index (χ2v) is 2.95. The third kappa shape index (κ3) is 2.09. The van der Waals surface area contributed by atoms with Gasteiger partial charge in [-0.2, -0.15) is 0 Å². The molecular weight excluding hydrogens is 156 g/mol. The van der Waals surface area contributed by atoms with Crippen molar-refractivity contribution in [2.45, 2.75) is 31.7 Å². The van der Waals surface area contributed by atoms with Gasteiger partial charge in [-0.3, -0.25) is 10.4 Å². The predicted octanol–water partition coefficient (Wildman–Crippen LogP) is -0.108. The summed E-state index contributed by atoms with van der Waals surface area (Å²) in [5.41, 5.74) is 2.01. The third-order valence-corrected chi connectivity index (χ3v) is 2.16. The van der Waals surface area contributed by atoms with Crippen LogP contribution in [0.3, 0.4) is 0 Å². The normalized spacial score (nSPS) is 18.8. The van der Waals surface area contributed by atoms with Gasteiger partial charge in [0.25, 0.3) is 0 Å². The second-order valence-electron chi connectivity index (χ2n) is 2.95. The largest absolute Gasteiger partial charge is 0.345 e. The lowest BCUT2D eigenvalue weighted by Gasteiger charge is -2.29. The Hall–Kier alpha value is -0.810. The quantitative estimate of drug-likeness (QED) is 0.292. The molecule has 0 aliphatic heterocycles. The van der Waals surface area contributed by atoms with E-state index in [0.29, 0.717) is 0 Å². The summed E-state index contributed by atoms with van der Waals surface area (Å²) in [6, 6.07) is -0.277. The fraction of sp³-hybridized carbons (Fsp3) is 0.714. The molecule has 0 saturated heterocycles. The smallest absolute Gasteiger partial charge is 0.275 e. The predicted molar refractivity (Wildman–Crippen MR) is 45.3 cm³/mol. The zero-order valence-electron chi connectivity index (χ0n) is 6.99. The third-order valence-electron chi connectivity index (χ3n) is 2.16. The highest BCUT2D eigenvalue weighted by Gasteiger charge is 2.21. The fourth-order valence-corrected chi connectivity index (χ4v) is 1.43. The van der Waals surface area contributed by atoms with Crippen LogP contribution in [0.25, 0.3) is 0 Å². The molecule has 1 fully saturated rings. The van der Waals surface area contributed by atoms with Gasteiger partial charge in [0, 0.05) is 6.04 Å². The number of amides is 2. The molecule has 0 aromatic heterocycles. The van der Waals surface area contributed by atoms with Crippen molar-refractivity contribution in [1.29, 1.82) is 0 Å². The number of carbonyl (C=O) groups excluding carboxylic acids is 1. The van der Waals surface area contributed by atoms with Crippen LogP contribution in [0.5, 0.6) is 0 Å². The van der Waals surface area contributed by atoms with Gasteiger partial charge in [-0.25, -0.2) is 16.5 Å². The molecule has 1 radical (unpaired) electrons. The molecule has 1 rings (SSSR count). The summed E-state index contributed by atoms with van der Waals surface area (Å²) in [7, 11) is 0. The molecule has 0 bridgehead atoms. The molecule has 5 N–H and O–H groups in total. The Morgan fingerprint density at radius 3 is 2.58 bits per heavy atom. The highest BCUT2D eigenvalue weighted by atomic mass is 16.2. The van der Waals surface area contributed by atoms with E-state index in [1.54, 1.807) is 0 Å². The summed E-state index contributed by atoms with van der Waals surface area (Å²) >= 11 is 0. The van der Waals surface area contributed by atoms with Crippen LogP contribution >= 0.6 is 0 Å². The van der Waals surface area contributed by atoms with Crippen LogP contribution in [0.1, 0.15) is 25.7 Å². The first-order valence-electron chi connectivity index (χ1n) is 4.12. The average Bonchev–Trinajstić information content (AvgIpc) is 2.17. The Labute approximate surface area is 72.0 Å². The first kappa shape index (κ1) is 9.28. The molecule has 1 saturated carbocycles. The second kappa shape index (κ2) is 4.27. The summed E-state index contributed by atoms with van der Waals surface area (Å²) < 4.78 is 0. The number of hydrogen-bond acceptors (Lipinski definition) is 3. The van der Waals surface area contributed by atoms with E-state index in [2.05, 4.69) is 6.42 Å². The van der Waals surface area contributed by atoms with Gasteiger partial charge >= 0.3 is 6.03 Å². The van der Waals surface area contributed by atoms with E-state index in [0.717, 1.165) is 25.7 Å². The lowest BCUT2D eigenvalue weighted by atomic mass is 9.95. The van der Waals surface area contributed by atoms with Gasteiger partial charge in [-0.05, 0) is 32.1 Å². The van der Waals surface area contributed by atoms with Crippen molar-refractivity contribution in [3.05, 3.63) is 6.42 Å². The number of nitrogens with one attached hydrogen (secondary N) is 1. The minimum absolute atomic E-state index is 0.138. The number of nitrogens with two attached hydrogens (primary N) is 2. The molecule has 69 valence electrons. The molecule has 2 amide bonds. The Morgan fingerprint density at radius 1 is 1.50 bits per heavy atom. The molecule has 12 heavy (non-hydrogen) atoms. The molecule has 0 aromatic rings. The maximum atomic E-state index is 11.0. The minimum Gasteiger partial charge on any atom is -0.275 e. The van der Waals surface area contributed by atoms with E-state index in [1.807, 2.05) is 5.43 Å². The van der Waals surface area contributed by atoms with Crippen molar-refractivity contribution in [1.82, 2.24) is 10.4 Å². The van der Waals surface area contributed by atoms with Crippen LogP contribution < -0.4 is 17.1 Å². The zero-order valence-corrected chi connectivity index (χ0v) is 6.99. The fourth-order valence-electron chi connectivity index (χ4n) is 1.43. The van der Waals surface area contributed by atoms with Crippen LogP contribution in [-0.2, 0) is 0 Å². The van der Waals surface area contributed by atoms with Crippen LogP contribution in [0.4, 0.5) is 4.79 Å². The van der Waals surface area contributed by atoms with E-state index < -0.39 is 6.03 Å². The molecule has 0 spiro atoms. The van der Waals surface area contributed by atoms with Crippen LogP contribution in [0.2, 0.25) is 0 Å². The van der Waals surface area contributed by atoms with E-state index in [-0.39, 0.29) is 6.04 Å². The molecule has 0 atom stereocenters. The number of hydrogen-bond donors (Lipinski definition) is 3. The molecule has 1 aliphatic carbocycles. The highest BCUT2D eigenvalue weighted by Crippen LogP contribution is 2.19. The topological polar surface area (TPSA) is 84.4 Å². The first-order valence-corrected chi connectivity index (χ1v) is 4.12. The number of rotatable bonds is 1.